The molecule has 0 aliphatic heterocycles. The molecule has 1 aromatic carbocycles. The molecule has 0 aliphatic carbocycles. The van der Waals surface area contributed by atoms with E-state index in [1.807, 2.05) is 6.92 Å². The highest BCUT2D eigenvalue weighted by Gasteiger charge is 2.18. The maximum absolute atomic E-state index is 12.7. The first-order valence-electron chi connectivity index (χ1n) is 8.46. The van der Waals surface area contributed by atoms with Gasteiger partial charge in [0.15, 0.2) is 0 Å². The van der Waals surface area contributed by atoms with E-state index in [1.165, 1.54) is 4.57 Å². The van der Waals surface area contributed by atoms with Gasteiger partial charge in [-0.25, -0.2) is 9.36 Å². The molecule has 0 unspecified atom stereocenters. The highest BCUT2D eigenvalue weighted by Crippen LogP contribution is 2.26. The van der Waals surface area contributed by atoms with Crippen molar-refractivity contribution in [3.63, 3.8) is 0 Å². The summed E-state index contributed by atoms with van der Waals surface area (Å²) in [5.41, 5.74) is 1.81. The summed E-state index contributed by atoms with van der Waals surface area (Å²) in [5.74, 6) is 0.148. The Bertz CT molecular complexity index is 886. The Hall–Kier alpha value is -2.12. The zero-order valence-corrected chi connectivity index (χ0v) is 17.2. The number of benzene rings is 1. The van der Waals surface area contributed by atoms with Crippen LogP contribution in [0.25, 0.3) is 11.3 Å². The number of aryl methyl sites for hydroxylation is 1. The van der Waals surface area contributed by atoms with Gasteiger partial charge in [0, 0.05) is 24.4 Å². The van der Waals surface area contributed by atoms with Gasteiger partial charge in [-0.2, -0.15) is 0 Å². The molecule has 0 spiro atoms. The van der Waals surface area contributed by atoms with Crippen LogP contribution in [0.5, 0.6) is 5.75 Å². The highest BCUT2D eigenvalue weighted by atomic mass is 28.2. The van der Waals surface area contributed by atoms with Crippen LogP contribution in [0.1, 0.15) is 31.9 Å². The summed E-state index contributed by atoms with van der Waals surface area (Å²) in [6.07, 6.45) is 0.511. The number of aromatic hydroxyl groups is 1. The van der Waals surface area contributed by atoms with Crippen LogP contribution in [-0.2, 0) is 18.5 Å². The molecule has 140 valence electrons. The molecule has 1 heterocycles. The summed E-state index contributed by atoms with van der Waals surface area (Å²) in [4.78, 5) is 25.4. The number of hydrogen-bond acceptors (Lipinski definition) is 4. The predicted octanol–water partition coefficient (Wildman–Crippen LogP) is 2.39. The summed E-state index contributed by atoms with van der Waals surface area (Å²) in [6.45, 7) is 9.86. The Morgan fingerprint density at radius 2 is 1.85 bits per heavy atom. The maximum Gasteiger partial charge on any atom is 0.333 e. The molecule has 0 atom stereocenters. The van der Waals surface area contributed by atoms with Gasteiger partial charge in [-0.05, 0) is 42.6 Å². The van der Waals surface area contributed by atoms with Gasteiger partial charge in [0.25, 0.3) is 5.56 Å². The second-order valence-electron chi connectivity index (χ2n) is 7.45. The van der Waals surface area contributed by atoms with Crippen molar-refractivity contribution >= 4 is 9.52 Å². The fraction of sp³-hybridized carbons (Fsp3) is 0.474. The van der Waals surface area contributed by atoms with E-state index in [0.717, 1.165) is 15.7 Å². The van der Waals surface area contributed by atoms with Gasteiger partial charge in [-0.15, -0.1) is 0 Å². The molecule has 6 nitrogen and oxygen atoms in total. The number of nitrogens with zero attached hydrogens (tertiary/aromatic N) is 2. The lowest BCUT2D eigenvalue weighted by molar-refractivity contribution is 0.104. The largest absolute Gasteiger partial charge is 0.508 e. The summed E-state index contributed by atoms with van der Waals surface area (Å²) in [7, 11) is 2.23. The molecule has 0 amide bonds. The third-order valence-electron chi connectivity index (χ3n) is 4.16. The lowest BCUT2D eigenvalue weighted by Gasteiger charge is -2.18. The van der Waals surface area contributed by atoms with Gasteiger partial charge in [-0.1, -0.05) is 20.8 Å². The van der Waals surface area contributed by atoms with Crippen LogP contribution < -0.4 is 11.2 Å². The van der Waals surface area contributed by atoms with Crippen LogP contribution in [0, 0.1) is 13.8 Å². The average Bonchev–Trinajstić information content (AvgIpc) is 2.53. The van der Waals surface area contributed by atoms with E-state index >= 15 is 0 Å². The number of phenols is 1. The Morgan fingerprint density at radius 1 is 1.19 bits per heavy atom. The second kappa shape index (κ2) is 7.63. The predicted molar refractivity (Wildman–Crippen MR) is 104 cm³/mol. The van der Waals surface area contributed by atoms with E-state index in [-0.39, 0.29) is 23.1 Å². The van der Waals surface area contributed by atoms with Gasteiger partial charge in [-0.3, -0.25) is 9.36 Å². The Morgan fingerprint density at radius 3 is 2.42 bits per heavy atom. The van der Waals surface area contributed by atoms with E-state index in [2.05, 4.69) is 20.8 Å². The van der Waals surface area contributed by atoms with Crippen LogP contribution >= 0.6 is 0 Å². The van der Waals surface area contributed by atoms with Crippen molar-refractivity contribution in [3.05, 3.63) is 50.2 Å². The summed E-state index contributed by atoms with van der Waals surface area (Å²) in [6, 6.07) is 4.88. The maximum atomic E-state index is 12.7. The third-order valence-corrected chi connectivity index (χ3v) is 5.57. The second-order valence-corrected chi connectivity index (χ2v) is 9.59. The van der Waals surface area contributed by atoms with Crippen molar-refractivity contribution in [1.29, 1.82) is 0 Å². The normalized spacial score (nSPS) is 11.8. The molecule has 2 radical (unpaired) electrons. The van der Waals surface area contributed by atoms with E-state index in [9.17, 15) is 14.7 Å². The van der Waals surface area contributed by atoms with Gasteiger partial charge in [0.1, 0.15) is 12.5 Å². The molecule has 2 rings (SSSR count). The van der Waals surface area contributed by atoms with Gasteiger partial charge >= 0.3 is 5.69 Å². The minimum Gasteiger partial charge on any atom is -0.508 e. The lowest BCUT2D eigenvalue weighted by atomic mass is 10.0. The minimum atomic E-state index is -0.415. The SMILES string of the molecule is Cc1cc(O)ccc1-c1c(C)c(=O)n(COC[Si]C(C)(C)C)c(=O)n1C. The fourth-order valence-electron chi connectivity index (χ4n) is 2.73. The van der Waals surface area contributed by atoms with Gasteiger partial charge in [0.2, 0.25) is 0 Å². The first kappa shape index (κ1) is 20.2. The topological polar surface area (TPSA) is 73.5 Å². The average molecular weight is 375 g/mol. The van der Waals surface area contributed by atoms with Crippen LogP contribution in [-0.4, -0.2) is 30.0 Å². The van der Waals surface area contributed by atoms with Crippen molar-refractivity contribution in [1.82, 2.24) is 9.13 Å². The number of hydrogen-bond donors (Lipinski definition) is 1. The number of rotatable bonds is 5. The van der Waals surface area contributed by atoms with Crippen molar-refractivity contribution in [2.24, 2.45) is 7.05 Å². The Labute approximate surface area is 155 Å². The quantitative estimate of drug-likeness (QED) is 0.644. The molecule has 1 aromatic heterocycles. The molecule has 0 aliphatic rings. The molecule has 0 bridgehead atoms. The van der Waals surface area contributed by atoms with E-state index in [0.29, 0.717) is 27.0 Å². The third kappa shape index (κ3) is 4.34. The zero-order chi connectivity index (χ0) is 19.6. The van der Waals surface area contributed by atoms with Crippen molar-refractivity contribution < 1.29 is 9.84 Å². The molecule has 0 fully saturated rings. The summed E-state index contributed by atoms with van der Waals surface area (Å²) >= 11 is 0. The van der Waals surface area contributed by atoms with E-state index in [4.69, 9.17) is 4.74 Å². The fourth-order valence-corrected chi connectivity index (χ4v) is 3.36. The molecule has 0 saturated carbocycles. The Balaban J connectivity index is 2.41. The minimum absolute atomic E-state index is 0.0513. The summed E-state index contributed by atoms with van der Waals surface area (Å²) in [5, 5.41) is 9.76. The van der Waals surface area contributed by atoms with E-state index < -0.39 is 5.69 Å². The first-order valence-corrected chi connectivity index (χ1v) is 9.67. The van der Waals surface area contributed by atoms with Crippen LogP contribution in [0.15, 0.2) is 27.8 Å². The first-order chi connectivity index (χ1) is 12.0. The molecule has 7 heteroatoms. The summed E-state index contributed by atoms with van der Waals surface area (Å²) < 4.78 is 8.17. The monoisotopic (exact) mass is 374 g/mol. The molecule has 2 aromatic rings. The van der Waals surface area contributed by atoms with Gasteiger partial charge < -0.3 is 9.84 Å². The zero-order valence-electron chi connectivity index (χ0n) is 16.2. The van der Waals surface area contributed by atoms with Crippen molar-refractivity contribution in [3.8, 4) is 17.0 Å². The van der Waals surface area contributed by atoms with Gasteiger partial charge in [0.05, 0.1) is 15.2 Å². The molecular weight excluding hydrogens is 348 g/mol. The number of phenolic OH excluding ortho intramolecular Hbond substituents is 1. The standard InChI is InChI=1S/C19H26N2O4Si/c1-12-9-14(22)7-8-15(12)16-13(2)17(23)21(18(24)20(16)6)10-25-11-26-19(3,4)5/h7-9,22H,10-11H2,1-6H3. The Kier molecular flexibility index (Phi) is 5.93. The molecular formula is C19H26N2O4Si. The van der Waals surface area contributed by atoms with Crippen LogP contribution in [0.4, 0.5) is 0 Å². The van der Waals surface area contributed by atoms with E-state index in [1.54, 1.807) is 32.2 Å². The van der Waals surface area contributed by atoms with Crippen molar-refractivity contribution in [2.75, 3.05) is 6.23 Å². The molecule has 26 heavy (non-hydrogen) atoms. The lowest BCUT2D eigenvalue weighted by Crippen LogP contribution is -2.42. The smallest absolute Gasteiger partial charge is 0.333 e. The molecule has 1 N–H and O–H groups in total. The highest BCUT2D eigenvalue weighted by molar-refractivity contribution is 6.39. The van der Waals surface area contributed by atoms with Crippen LogP contribution in [0.3, 0.4) is 0 Å². The molecule has 0 saturated heterocycles. The van der Waals surface area contributed by atoms with Crippen LogP contribution in [0.2, 0.25) is 5.04 Å². The van der Waals surface area contributed by atoms with Crippen molar-refractivity contribution in [2.45, 2.75) is 46.4 Å². The number of aromatic nitrogens is 2. The number of ether oxygens (including phenoxy) is 1.